The van der Waals surface area contributed by atoms with Gasteiger partial charge in [0.1, 0.15) is 0 Å². The first-order chi connectivity index (χ1) is 15.4. The monoisotopic (exact) mass is 504 g/mol. The van der Waals surface area contributed by atoms with E-state index < -0.39 is 24.3 Å². The third-order valence-corrected chi connectivity index (χ3v) is 4.91. The normalized spacial score (nSPS) is 16.4. The zero-order valence-corrected chi connectivity index (χ0v) is 19.4. The number of carbonyl (C=O) groups is 2. The molecule has 196 valence electrons. The summed E-state index contributed by atoms with van der Waals surface area (Å²) in [4.78, 5) is 22.7. The Morgan fingerprint density at radius 3 is 1.88 bits per heavy atom. The van der Waals surface area contributed by atoms with Crippen molar-refractivity contribution in [2.24, 2.45) is 5.92 Å². The van der Waals surface area contributed by atoms with Gasteiger partial charge in [0.05, 0.1) is 11.4 Å². The molecule has 8 nitrogen and oxygen atoms in total. The number of fused-ring (bicyclic) bond motifs is 1. The SMILES string of the molecule is CC(C)n1nc(CN(C)C)c2c1CN(CC1CC1)CC2.O=C(O)C(F)(F)F.O=C(O)C(F)(F)F. The fourth-order valence-electron chi connectivity index (χ4n) is 3.25. The van der Waals surface area contributed by atoms with Crippen LogP contribution in [0.15, 0.2) is 0 Å². The molecule has 2 N–H and O–H groups in total. The molecule has 3 rings (SSSR count). The van der Waals surface area contributed by atoms with Gasteiger partial charge in [-0.3, -0.25) is 9.58 Å². The van der Waals surface area contributed by atoms with Gasteiger partial charge in [-0.15, -0.1) is 0 Å². The quantitative estimate of drug-likeness (QED) is 0.592. The van der Waals surface area contributed by atoms with Gasteiger partial charge in [-0.25, -0.2) is 9.59 Å². The van der Waals surface area contributed by atoms with Gasteiger partial charge in [0, 0.05) is 37.8 Å². The Kier molecular flexibility index (Phi) is 10.4. The van der Waals surface area contributed by atoms with Crippen molar-refractivity contribution in [3.63, 3.8) is 0 Å². The van der Waals surface area contributed by atoms with Gasteiger partial charge in [-0.1, -0.05) is 0 Å². The first kappa shape index (κ1) is 29.7. The van der Waals surface area contributed by atoms with E-state index in [0.29, 0.717) is 6.04 Å². The lowest BCUT2D eigenvalue weighted by molar-refractivity contribution is -0.193. The lowest BCUT2D eigenvalue weighted by atomic mass is 10.0. The van der Waals surface area contributed by atoms with Crippen LogP contribution in [0.2, 0.25) is 0 Å². The Balaban J connectivity index is 0.000000343. The van der Waals surface area contributed by atoms with Crippen molar-refractivity contribution in [3.05, 3.63) is 17.0 Å². The van der Waals surface area contributed by atoms with Crippen LogP contribution in [0.25, 0.3) is 0 Å². The third-order valence-electron chi connectivity index (χ3n) is 4.91. The number of rotatable bonds is 5. The topological polar surface area (TPSA) is 98.9 Å². The first-order valence-electron chi connectivity index (χ1n) is 10.5. The van der Waals surface area contributed by atoms with Crippen LogP contribution in [0.1, 0.15) is 49.7 Å². The number of alkyl halides is 6. The molecule has 1 aliphatic carbocycles. The summed E-state index contributed by atoms with van der Waals surface area (Å²) in [6.07, 6.45) is -6.10. The number of carboxylic acid groups (broad SMARTS) is 2. The van der Waals surface area contributed by atoms with E-state index in [4.69, 9.17) is 24.9 Å². The van der Waals surface area contributed by atoms with Crippen LogP contribution < -0.4 is 0 Å². The summed E-state index contributed by atoms with van der Waals surface area (Å²) in [7, 11) is 4.26. The lowest BCUT2D eigenvalue weighted by Gasteiger charge is -2.28. The Bertz CT molecular complexity index is 808. The maximum absolute atomic E-state index is 10.6. The number of hydrogen-bond acceptors (Lipinski definition) is 5. The van der Waals surface area contributed by atoms with Crippen molar-refractivity contribution in [1.29, 1.82) is 0 Å². The Labute approximate surface area is 193 Å². The molecule has 2 aliphatic rings. The maximum Gasteiger partial charge on any atom is 0.490 e. The average Bonchev–Trinajstić information content (AvgIpc) is 3.41. The molecule has 0 amide bonds. The lowest BCUT2D eigenvalue weighted by Crippen LogP contribution is -2.33. The van der Waals surface area contributed by atoms with Crippen molar-refractivity contribution >= 4 is 11.9 Å². The number of carboxylic acids is 2. The van der Waals surface area contributed by atoms with E-state index in [1.165, 1.54) is 49.3 Å². The van der Waals surface area contributed by atoms with Crippen molar-refractivity contribution in [3.8, 4) is 0 Å². The van der Waals surface area contributed by atoms with Crippen molar-refractivity contribution in [1.82, 2.24) is 19.6 Å². The Morgan fingerprint density at radius 2 is 1.53 bits per heavy atom. The second kappa shape index (κ2) is 11.9. The third kappa shape index (κ3) is 9.87. The molecule has 0 spiro atoms. The van der Waals surface area contributed by atoms with Crippen LogP contribution in [0.5, 0.6) is 0 Å². The molecule has 0 bridgehead atoms. The summed E-state index contributed by atoms with van der Waals surface area (Å²) in [5, 5.41) is 19.2. The first-order valence-corrected chi connectivity index (χ1v) is 10.5. The fraction of sp³-hybridized carbons (Fsp3) is 0.750. The molecule has 34 heavy (non-hydrogen) atoms. The second-order valence-electron chi connectivity index (χ2n) is 8.68. The van der Waals surface area contributed by atoms with E-state index in [1.807, 2.05) is 0 Å². The van der Waals surface area contributed by atoms with Crippen molar-refractivity contribution in [2.45, 2.75) is 64.6 Å². The summed E-state index contributed by atoms with van der Waals surface area (Å²) in [6, 6.07) is 0.459. The molecule has 0 radical (unpaired) electrons. The van der Waals surface area contributed by atoms with E-state index >= 15 is 0 Å². The summed E-state index contributed by atoms with van der Waals surface area (Å²) in [6.45, 7) is 9.06. The molecule has 1 aromatic heterocycles. The van der Waals surface area contributed by atoms with Crippen LogP contribution in [0.3, 0.4) is 0 Å². The zero-order valence-electron chi connectivity index (χ0n) is 19.4. The molecule has 0 saturated heterocycles. The average molecular weight is 504 g/mol. The molecule has 1 aliphatic heterocycles. The van der Waals surface area contributed by atoms with Gasteiger partial charge in [0.25, 0.3) is 0 Å². The van der Waals surface area contributed by atoms with Crippen molar-refractivity contribution in [2.75, 3.05) is 27.2 Å². The molecule has 1 fully saturated rings. The highest BCUT2D eigenvalue weighted by Gasteiger charge is 2.39. The Morgan fingerprint density at radius 1 is 1.06 bits per heavy atom. The van der Waals surface area contributed by atoms with E-state index in [1.54, 1.807) is 0 Å². The van der Waals surface area contributed by atoms with Crippen molar-refractivity contribution < 1.29 is 46.1 Å². The molecule has 0 aromatic carbocycles. The van der Waals surface area contributed by atoms with Gasteiger partial charge in [0.2, 0.25) is 0 Å². The molecule has 0 unspecified atom stereocenters. The van der Waals surface area contributed by atoms with Crippen LogP contribution >= 0.6 is 0 Å². The zero-order chi connectivity index (χ0) is 26.4. The number of hydrogen-bond donors (Lipinski definition) is 2. The minimum Gasteiger partial charge on any atom is -0.475 e. The Hall–Kier alpha value is -2.35. The van der Waals surface area contributed by atoms with Gasteiger partial charge >= 0.3 is 24.3 Å². The van der Waals surface area contributed by atoms with Crippen LogP contribution in [-0.2, 0) is 29.1 Å². The fourth-order valence-corrected chi connectivity index (χ4v) is 3.25. The standard InChI is InChI=1S/C16H28N4.2C2HF3O2/c1-12(2)20-16-11-19(9-13-5-6-13)8-7-14(16)15(17-20)10-18(3)4;2*3-2(4,5)1(6)7/h12-13H,5-11H2,1-4H3;2*(H,6,7). The molecule has 1 aromatic rings. The molecule has 2 heterocycles. The van der Waals surface area contributed by atoms with Gasteiger partial charge in [-0.2, -0.15) is 31.4 Å². The van der Waals surface area contributed by atoms with Gasteiger partial charge in [-0.05, 0) is 53.1 Å². The van der Waals surface area contributed by atoms with E-state index in [2.05, 4.69) is 42.4 Å². The maximum atomic E-state index is 10.6. The predicted molar refractivity (Wildman–Crippen MR) is 109 cm³/mol. The van der Waals surface area contributed by atoms with Crippen LogP contribution in [-0.4, -0.2) is 81.3 Å². The summed E-state index contributed by atoms with van der Waals surface area (Å²) < 4.78 is 65.7. The van der Waals surface area contributed by atoms with E-state index in [-0.39, 0.29) is 0 Å². The van der Waals surface area contributed by atoms with Crippen LogP contribution in [0.4, 0.5) is 26.3 Å². The number of halogens is 6. The number of nitrogens with zero attached hydrogens (tertiary/aromatic N) is 4. The summed E-state index contributed by atoms with van der Waals surface area (Å²) >= 11 is 0. The molecular weight excluding hydrogens is 474 g/mol. The smallest absolute Gasteiger partial charge is 0.475 e. The minimum absolute atomic E-state index is 0.459. The molecule has 0 atom stereocenters. The van der Waals surface area contributed by atoms with Gasteiger partial charge in [0.15, 0.2) is 0 Å². The second-order valence-corrected chi connectivity index (χ2v) is 8.68. The van der Waals surface area contributed by atoms with Gasteiger partial charge < -0.3 is 15.1 Å². The molecule has 14 heteroatoms. The molecular formula is C20H30F6N4O4. The van der Waals surface area contributed by atoms with E-state index in [0.717, 1.165) is 19.0 Å². The summed E-state index contributed by atoms with van der Waals surface area (Å²) in [5.74, 6) is -4.53. The minimum atomic E-state index is -5.08. The largest absolute Gasteiger partial charge is 0.490 e. The number of aromatic nitrogens is 2. The van der Waals surface area contributed by atoms with Crippen LogP contribution in [0, 0.1) is 5.92 Å². The number of aliphatic carboxylic acids is 2. The highest BCUT2D eigenvalue weighted by Crippen LogP contribution is 2.32. The highest BCUT2D eigenvalue weighted by molar-refractivity contribution is 5.73. The highest BCUT2D eigenvalue weighted by atomic mass is 19.4. The predicted octanol–water partition coefficient (Wildman–Crippen LogP) is 3.56. The van der Waals surface area contributed by atoms with E-state index in [9.17, 15) is 26.3 Å². The summed E-state index contributed by atoms with van der Waals surface area (Å²) in [5.41, 5.74) is 4.30. The molecule has 1 saturated carbocycles.